The molecule has 28 heavy (non-hydrogen) atoms. The third-order valence-electron chi connectivity index (χ3n) is 7.12. The summed E-state index contributed by atoms with van der Waals surface area (Å²) in [5.74, 6) is 1.63. The summed E-state index contributed by atoms with van der Waals surface area (Å²) in [4.78, 5) is 2.03. The van der Waals surface area contributed by atoms with Gasteiger partial charge in [0.15, 0.2) is 16.6 Å². The molecule has 5 nitrogen and oxygen atoms in total. The average Bonchev–Trinajstić information content (AvgIpc) is 2.71. The number of benzene rings is 1. The lowest BCUT2D eigenvalue weighted by Gasteiger charge is -2.61. The Labute approximate surface area is 173 Å². The first-order chi connectivity index (χ1) is 13.5. The van der Waals surface area contributed by atoms with Gasteiger partial charge in [-0.05, 0) is 62.0 Å². The van der Waals surface area contributed by atoms with Crippen molar-refractivity contribution in [2.24, 2.45) is 5.92 Å². The third kappa shape index (κ3) is 3.24. The zero-order valence-corrected chi connectivity index (χ0v) is 17.8. The highest BCUT2D eigenvalue weighted by Crippen LogP contribution is 2.50. The number of ether oxygens (including phenoxy) is 2. The summed E-state index contributed by atoms with van der Waals surface area (Å²) >= 11 is 5.83. The second kappa shape index (κ2) is 7.71. The monoisotopic (exact) mass is 404 g/mol. The van der Waals surface area contributed by atoms with Crippen molar-refractivity contribution in [3.05, 3.63) is 23.8 Å². The molecule has 1 aromatic carbocycles. The maximum Gasteiger partial charge on any atom is 0.171 e. The standard InChI is InChI=1S/C22H32N2O3S/c1-26-17-10-9-16(14-18(17)27-2)15-24-20(28)23-21(11-5-3-6-12-21)19-8-4-7-13-22(19,24)25/h9-10,14,19,25H,3-8,11-13,15H2,1-2H3,(H,23,28)/t19-,22+/m0/s1. The second-order valence-electron chi connectivity index (χ2n) is 8.60. The van der Waals surface area contributed by atoms with E-state index in [1.807, 2.05) is 23.1 Å². The molecule has 1 aromatic rings. The zero-order valence-electron chi connectivity index (χ0n) is 17.0. The van der Waals surface area contributed by atoms with Gasteiger partial charge in [-0.25, -0.2) is 0 Å². The smallest absolute Gasteiger partial charge is 0.171 e. The molecule has 0 unspecified atom stereocenters. The van der Waals surface area contributed by atoms with Gasteiger partial charge in [-0.2, -0.15) is 0 Å². The Morgan fingerprint density at radius 1 is 1.07 bits per heavy atom. The minimum atomic E-state index is -0.870. The highest BCUT2D eigenvalue weighted by molar-refractivity contribution is 7.80. The fraction of sp³-hybridized carbons (Fsp3) is 0.682. The van der Waals surface area contributed by atoms with E-state index in [0.717, 1.165) is 37.7 Å². The molecular weight excluding hydrogens is 372 g/mol. The number of thiocarbonyl (C=S) groups is 1. The number of nitrogens with one attached hydrogen (secondary N) is 1. The molecule has 154 valence electrons. The average molecular weight is 405 g/mol. The molecule has 2 N–H and O–H groups in total. The normalized spacial score (nSPS) is 29.2. The van der Waals surface area contributed by atoms with Crippen LogP contribution in [0.2, 0.25) is 0 Å². The molecule has 2 atom stereocenters. The van der Waals surface area contributed by atoms with Crippen molar-refractivity contribution >= 4 is 17.3 Å². The van der Waals surface area contributed by atoms with Gasteiger partial charge in [0.05, 0.1) is 14.2 Å². The van der Waals surface area contributed by atoms with E-state index in [9.17, 15) is 5.11 Å². The molecule has 1 heterocycles. The Morgan fingerprint density at radius 2 is 1.79 bits per heavy atom. The Hall–Kier alpha value is -1.53. The minimum Gasteiger partial charge on any atom is -0.493 e. The topological polar surface area (TPSA) is 54.0 Å². The zero-order chi connectivity index (χ0) is 19.8. The Kier molecular flexibility index (Phi) is 5.45. The molecular formula is C22H32N2O3S. The third-order valence-corrected chi connectivity index (χ3v) is 7.44. The van der Waals surface area contributed by atoms with Crippen molar-refractivity contribution in [3.8, 4) is 11.5 Å². The Balaban J connectivity index is 1.65. The number of hydrogen-bond acceptors (Lipinski definition) is 4. The SMILES string of the molecule is COc1ccc(CN2C(=S)NC3(CCCCC3)[C@@H]3CCCC[C@@]32O)cc1OC. The van der Waals surface area contributed by atoms with Crippen LogP contribution in [0.5, 0.6) is 11.5 Å². The van der Waals surface area contributed by atoms with Crippen LogP contribution in [0.25, 0.3) is 0 Å². The van der Waals surface area contributed by atoms with Gasteiger partial charge >= 0.3 is 0 Å². The fourth-order valence-electron chi connectivity index (χ4n) is 5.75. The van der Waals surface area contributed by atoms with Gasteiger partial charge in [-0.3, -0.25) is 0 Å². The molecule has 2 aliphatic carbocycles. The van der Waals surface area contributed by atoms with Crippen LogP contribution in [-0.2, 0) is 6.54 Å². The summed E-state index contributed by atoms with van der Waals surface area (Å²) in [7, 11) is 3.28. The molecule has 0 bridgehead atoms. The minimum absolute atomic E-state index is 0.0292. The van der Waals surface area contributed by atoms with Gasteiger partial charge in [-0.15, -0.1) is 0 Å². The molecule has 2 saturated carbocycles. The summed E-state index contributed by atoms with van der Waals surface area (Å²) in [5, 5.41) is 16.4. The van der Waals surface area contributed by atoms with Gasteiger partial charge in [0.2, 0.25) is 0 Å². The fourth-order valence-corrected chi connectivity index (χ4v) is 6.18. The number of nitrogens with zero attached hydrogens (tertiary/aromatic N) is 1. The van der Waals surface area contributed by atoms with Crippen molar-refractivity contribution in [2.75, 3.05) is 14.2 Å². The van der Waals surface area contributed by atoms with Crippen molar-refractivity contribution in [2.45, 2.75) is 75.6 Å². The molecule has 1 aliphatic heterocycles. The number of aliphatic hydroxyl groups is 1. The summed E-state index contributed by atoms with van der Waals surface area (Å²) in [5.41, 5.74) is 0.156. The van der Waals surface area contributed by atoms with Gasteiger partial charge in [-0.1, -0.05) is 31.7 Å². The van der Waals surface area contributed by atoms with Crippen LogP contribution in [0.1, 0.15) is 63.4 Å². The summed E-state index contributed by atoms with van der Waals surface area (Å²) in [6.45, 7) is 0.565. The predicted octanol–water partition coefficient (Wildman–Crippen LogP) is 3.98. The lowest BCUT2D eigenvalue weighted by Crippen LogP contribution is -2.75. The Morgan fingerprint density at radius 3 is 2.50 bits per heavy atom. The van der Waals surface area contributed by atoms with Crippen LogP contribution in [0.3, 0.4) is 0 Å². The van der Waals surface area contributed by atoms with Crippen molar-refractivity contribution < 1.29 is 14.6 Å². The number of hydrogen-bond donors (Lipinski definition) is 2. The van der Waals surface area contributed by atoms with E-state index in [1.165, 1.54) is 25.7 Å². The van der Waals surface area contributed by atoms with Gasteiger partial charge in [0.1, 0.15) is 5.72 Å². The van der Waals surface area contributed by atoms with E-state index in [4.69, 9.17) is 21.7 Å². The molecule has 6 heteroatoms. The quantitative estimate of drug-likeness (QED) is 0.741. The first-order valence-electron chi connectivity index (χ1n) is 10.6. The molecule has 3 aliphatic rings. The van der Waals surface area contributed by atoms with Gasteiger partial charge < -0.3 is 24.8 Å². The van der Waals surface area contributed by atoms with Crippen LogP contribution >= 0.6 is 12.2 Å². The van der Waals surface area contributed by atoms with E-state index in [2.05, 4.69) is 5.32 Å². The van der Waals surface area contributed by atoms with Crippen molar-refractivity contribution in [3.63, 3.8) is 0 Å². The second-order valence-corrected chi connectivity index (χ2v) is 8.99. The van der Waals surface area contributed by atoms with E-state index < -0.39 is 5.72 Å². The molecule has 1 spiro atoms. The maximum atomic E-state index is 12.0. The van der Waals surface area contributed by atoms with Crippen LogP contribution in [0.15, 0.2) is 18.2 Å². The van der Waals surface area contributed by atoms with Crippen molar-refractivity contribution in [1.82, 2.24) is 10.2 Å². The first kappa shape index (κ1) is 19.8. The lowest BCUT2D eigenvalue weighted by molar-refractivity contribution is -0.184. The van der Waals surface area contributed by atoms with E-state index in [0.29, 0.717) is 23.2 Å². The highest BCUT2D eigenvalue weighted by Gasteiger charge is 2.58. The molecule has 4 rings (SSSR count). The van der Waals surface area contributed by atoms with Crippen molar-refractivity contribution in [1.29, 1.82) is 0 Å². The number of fused-ring (bicyclic) bond motifs is 2. The molecule has 0 radical (unpaired) electrons. The molecule has 3 fully saturated rings. The summed E-state index contributed by atoms with van der Waals surface area (Å²) in [6, 6.07) is 5.92. The Bertz CT molecular complexity index is 734. The number of methoxy groups -OCH3 is 2. The van der Waals surface area contributed by atoms with E-state index in [1.54, 1.807) is 14.2 Å². The molecule has 0 amide bonds. The van der Waals surface area contributed by atoms with E-state index in [-0.39, 0.29) is 11.5 Å². The molecule has 1 saturated heterocycles. The van der Waals surface area contributed by atoms with Crippen LogP contribution in [-0.4, -0.2) is 40.6 Å². The summed E-state index contributed by atoms with van der Waals surface area (Å²) < 4.78 is 10.8. The van der Waals surface area contributed by atoms with Crippen LogP contribution < -0.4 is 14.8 Å². The van der Waals surface area contributed by atoms with Gasteiger partial charge in [0.25, 0.3) is 0 Å². The largest absolute Gasteiger partial charge is 0.493 e. The van der Waals surface area contributed by atoms with Crippen LogP contribution in [0, 0.1) is 5.92 Å². The van der Waals surface area contributed by atoms with Crippen LogP contribution in [0.4, 0.5) is 0 Å². The lowest BCUT2D eigenvalue weighted by atomic mass is 9.62. The maximum absolute atomic E-state index is 12.0. The first-order valence-corrected chi connectivity index (χ1v) is 11.0. The highest BCUT2D eigenvalue weighted by atomic mass is 32.1. The number of rotatable bonds is 4. The summed E-state index contributed by atoms with van der Waals surface area (Å²) in [6.07, 6.45) is 10.0. The van der Waals surface area contributed by atoms with E-state index >= 15 is 0 Å². The molecule has 0 aromatic heterocycles. The van der Waals surface area contributed by atoms with Gasteiger partial charge in [0, 0.05) is 18.0 Å². The predicted molar refractivity (Wildman–Crippen MR) is 114 cm³/mol.